The van der Waals surface area contributed by atoms with Crippen LogP contribution in [-0.2, 0) is 0 Å². The quantitative estimate of drug-likeness (QED) is 0.413. The molecule has 1 aliphatic rings. The summed E-state index contributed by atoms with van der Waals surface area (Å²) in [5.74, 6) is 0.889. The van der Waals surface area contributed by atoms with Crippen LogP contribution in [0.15, 0.2) is 114 Å². The molecule has 2 heterocycles. The molecular weight excluding hydrogens is 380 g/mol. The van der Waals surface area contributed by atoms with E-state index < -0.39 is 0 Å². The molecule has 0 aliphatic carbocycles. The molecule has 0 fully saturated rings. The van der Waals surface area contributed by atoms with E-state index in [1.807, 2.05) is 12.1 Å². The van der Waals surface area contributed by atoms with Crippen LogP contribution in [0.2, 0.25) is 0 Å². The highest BCUT2D eigenvalue weighted by Gasteiger charge is 2.27. The van der Waals surface area contributed by atoms with E-state index in [0.29, 0.717) is 0 Å². The maximum atomic E-state index is 5.02. The largest absolute Gasteiger partial charge is 0.337 e. The minimum atomic E-state index is -0.150. The first-order valence-corrected chi connectivity index (χ1v) is 10.6. The molecule has 2 N–H and O–H groups in total. The zero-order valence-electron chi connectivity index (χ0n) is 16.9. The van der Waals surface area contributed by atoms with Crippen molar-refractivity contribution in [3.05, 3.63) is 120 Å². The van der Waals surface area contributed by atoms with E-state index >= 15 is 0 Å². The minimum absolute atomic E-state index is 0.150. The Hall–Kier alpha value is -3.89. The molecule has 0 saturated heterocycles. The maximum absolute atomic E-state index is 5.02. The number of para-hydroxylation sites is 2. The van der Waals surface area contributed by atoms with Gasteiger partial charge in [0, 0.05) is 16.3 Å². The van der Waals surface area contributed by atoms with E-state index in [1.165, 1.54) is 21.8 Å². The van der Waals surface area contributed by atoms with Gasteiger partial charge in [-0.1, -0.05) is 97.1 Å². The summed E-state index contributed by atoms with van der Waals surface area (Å²) in [6.07, 6.45) is -0.301. The van der Waals surface area contributed by atoms with Crippen molar-refractivity contribution in [1.29, 1.82) is 0 Å². The fourth-order valence-corrected chi connectivity index (χ4v) is 4.45. The van der Waals surface area contributed by atoms with Crippen LogP contribution < -0.4 is 10.6 Å². The molecule has 4 aromatic carbocycles. The van der Waals surface area contributed by atoms with Crippen LogP contribution in [0.4, 0.5) is 0 Å². The number of rotatable bonds is 3. The number of nitrogens with zero attached hydrogens (tertiary/aromatic N) is 2. The summed E-state index contributed by atoms with van der Waals surface area (Å²) < 4.78 is 2.35. The minimum Gasteiger partial charge on any atom is -0.337 e. The van der Waals surface area contributed by atoms with Gasteiger partial charge in [0.25, 0.3) is 0 Å². The predicted molar refractivity (Wildman–Crippen MR) is 127 cm³/mol. The fourth-order valence-electron chi connectivity index (χ4n) is 4.45. The standard InChI is InChI=1S/C27H22N4/c1-3-11-19(12-4-1)25-28-26(20-13-5-2-6-14-20)30-27(29-25)31-23-17-9-7-15-21(23)22-16-8-10-18-24(22)31/h1-18,25,27,29H,(H,28,30). The molecule has 1 aromatic heterocycles. The van der Waals surface area contributed by atoms with Crippen molar-refractivity contribution in [2.75, 3.05) is 0 Å². The molecule has 0 amide bonds. The van der Waals surface area contributed by atoms with Crippen LogP contribution in [0.3, 0.4) is 0 Å². The molecule has 4 heteroatoms. The summed E-state index contributed by atoms with van der Waals surface area (Å²) in [5, 5.41) is 9.88. The highest BCUT2D eigenvalue weighted by Crippen LogP contribution is 2.32. The monoisotopic (exact) mass is 402 g/mol. The van der Waals surface area contributed by atoms with E-state index in [9.17, 15) is 0 Å². The summed E-state index contributed by atoms with van der Waals surface area (Å²) in [6.45, 7) is 0. The Morgan fingerprint density at radius 2 is 1.16 bits per heavy atom. The number of fused-ring (bicyclic) bond motifs is 3. The number of nitrogens with one attached hydrogen (secondary N) is 2. The lowest BCUT2D eigenvalue weighted by molar-refractivity contribution is 0.329. The lowest BCUT2D eigenvalue weighted by atomic mass is 10.1. The molecule has 4 nitrogen and oxygen atoms in total. The second kappa shape index (κ2) is 7.42. The van der Waals surface area contributed by atoms with Crippen molar-refractivity contribution in [2.24, 2.45) is 4.99 Å². The van der Waals surface area contributed by atoms with Gasteiger partial charge in [-0.05, 0) is 17.7 Å². The Morgan fingerprint density at radius 1 is 0.613 bits per heavy atom. The highest BCUT2D eigenvalue weighted by molar-refractivity contribution is 6.08. The van der Waals surface area contributed by atoms with Crippen molar-refractivity contribution < 1.29 is 0 Å². The Labute approximate surface area is 180 Å². The van der Waals surface area contributed by atoms with Gasteiger partial charge in [-0.3, -0.25) is 5.32 Å². The fraction of sp³-hybridized carbons (Fsp3) is 0.0741. The summed E-state index contributed by atoms with van der Waals surface area (Å²) in [4.78, 5) is 5.02. The van der Waals surface area contributed by atoms with Crippen LogP contribution in [0.1, 0.15) is 23.6 Å². The number of amidine groups is 1. The van der Waals surface area contributed by atoms with E-state index in [0.717, 1.165) is 17.0 Å². The van der Waals surface area contributed by atoms with Gasteiger partial charge >= 0.3 is 0 Å². The Balaban J connectivity index is 1.54. The molecule has 0 bridgehead atoms. The number of hydrogen-bond acceptors (Lipinski definition) is 3. The van der Waals surface area contributed by atoms with Gasteiger partial charge < -0.3 is 9.88 Å². The molecule has 5 aromatic rings. The van der Waals surface area contributed by atoms with Crippen LogP contribution in [-0.4, -0.2) is 10.4 Å². The van der Waals surface area contributed by atoms with Gasteiger partial charge in [-0.25, -0.2) is 4.99 Å². The van der Waals surface area contributed by atoms with Gasteiger partial charge in [0.1, 0.15) is 12.0 Å². The van der Waals surface area contributed by atoms with Crippen molar-refractivity contribution >= 4 is 27.6 Å². The average Bonchev–Trinajstić information content (AvgIpc) is 3.19. The van der Waals surface area contributed by atoms with Gasteiger partial charge in [-0.15, -0.1) is 0 Å². The second-order valence-corrected chi connectivity index (χ2v) is 7.77. The van der Waals surface area contributed by atoms with Crippen LogP contribution in [0, 0.1) is 0 Å². The number of aliphatic imine (C=N–C) groups is 1. The third-order valence-electron chi connectivity index (χ3n) is 5.89. The first-order valence-electron chi connectivity index (χ1n) is 10.6. The molecule has 0 spiro atoms. The average molecular weight is 403 g/mol. The SMILES string of the molecule is c1ccc(C2=NC(c3ccccc3)NC(n3c4ccccc4c4ccccc43)N2)cc1. The molecule has 2 unspecified atom stereocenters. The zero-order chi connectivity index (χ0) is 20.6. The first-order chi connectivity index (χ1) is 15.4. The van der Waals surface area contributed by atoms with Gasteiger partial charge in [0.05, 0.1) is 11.0 Å². The summed E-state index contributed by atoms with van der Waals surface area (Å²) >= 11 is 0. The van der Waals surface area contributed by atoms with Crippen LogP contribution >= 0.6 is 0 Å². The Morgan fingerprint density at radius 3 is 1.81 bits per heavy atom. The molecular formula is C27H22N4. The van der Waals surface area contributed by atoms with Crippen molar-refractivity contribution in [1.82, 2.24) is 15.2 Å². The summed E-state index contributed by atoms with van der Waals surface area (Å²) in [6, 6.07) is 37.9. The molecule has 0 radical (unpaired) electrons. The molecule has 150 valence electrons. The molecule has 31 heavy (non-hydrogen) atoms. The van der Waals surface area contributed by atoms with E-state index in [2.05, 4.69) is 112 Å². The number of benzene rings is 4. The van der Waals surface area contributed by atoms with E-state index in [1.54, 1.807) is 0 Å². The summed E-state index contributed by atoms with van der Waals surface area (Å²) in [7, 11) is 0. The Kier molecular flexibility index (Phi) is 4.29. The predicted octanol–water partition coefficient (Wildman–Crippen LogP) is 5.59. The van der Waals surface area contributed by atoms with Crippen LogP contribution in [0.5, 0.6) is 0 Å². The Bertz CT molecular complexity index is 1330. The van der Waals surface area contributed by atoms with E-state index in [4.69, 9.17) is 4.99 Å². The van der Waals surface area contributed by atoms with Gasteiger partial charge in [0.15, 0.2) is 6.29 Å². The van der Waals surface area contributed by atoms with Crippen molar-refractivity contribution in [3.63, 3.8) is 0 Å². The zero-order valence-corrected chi connectivity index (χ0v) is 16.9. The third-order valence-corrected chi connectivity index (χ3v) is 5.89. The highest BCUT2D eigenvalue weighted by atomic mass is 15.4. The third kappa shape index (κ3) is 3.09. The lowest BCUT2D eigenvalue weighted by Gasteiger charge is -2.33. The van der Waals surface area contributed by atoms with Gasteiger partial charge in [-0.2, -0.15) is 0 Å². The van der Waals surface area contributed by atoms with E-state index in [-0.39, 0.29) is 12.5 Å². The lowest BCUT2D eigenvalue weighted by Crippen LogP contribution is -2.47. The summed E-state index contributed by atoms with van der Waals surface area (Å²) in [5.41, 5.74) is 4.60. The maximum Gasteiger partial charge on any atom is 0.162 e. The van der Waals surface area contributed by atoms with Crippen LogP contribution in [0.25, 0.3) is 21.8 Å². The number of hydrogen-bond donors (Lipinski definition) is 2. The molecule has 0 saturated carbocycles. The number of aromatic nitrogens is 1. The second-order valence-electron chi connectivity index (χ2n) is 7.77. The normalized spacial score (nSPS) is 18.6. The molecule has 1 aliphatic heterocycles. The van der Waals surface area contributed by atoms with Gasteiger partial charge in [0.2, 0.25) is 0 Å². The van der Waals surface area contributed by atoms with Crippen molar-refractivity contribution in [3.8, 4) is 0 Å². The van der Waals surface area contributed by atoms with Crippen molar-refractivity contribution in [2.45, 2.75) is 12.5 Å². The smallest absolute Gasteiger partial charge is 0.162 e. The molecule has 6 rings (SSSR count). The topological polar surface area (TPSA) is 41.4 Å². The molecule has 2 atom stereocenters. The first kappa shape index (κ1) is 17.9.